The lowest BCUT2D eigenvalue weighted by atomic mass is 10.1. The highest BCUT2D eigenvalue weighted by Crippen LogP contribution is 2.37. The Kier molecular flexibility index (Phi) is 5.95. The van der Waals surface area contributed by atoms with Crippen molar-refractivity contribution in [2.75, 3.05) is 33.3 Å². The van der Waals surface area contributed by atoms with Crippen molar-refractivity contribution in [2.45, 2.75) is 36.8 Å². The van der Waals surface area contributed by atoms with E-state index in [1.165, 1.54) is 18.2 Å². The van der Waals surface area contributed by atoms with Gasteiger partial charge in [0.15, 0.2) is 0 Å². The third-order valence-electron chi connectivity index (χ3n) is 5.44. The topological polar surface area (TPSA) is 108 Å². The molecule has 0 saturated carbocycles. The molecule has 2 aromatic carbocycles. The molecule has 2 heterocycles. The van der Waals surface area contributed by atoms with Gasteiger partial charge in [-0.05, 0) is 55.7 Å². The van der Waals surface area contributed by atoms with E-state index in [0.717, 1.165) is 37.5 Å². The molecule has 12 heteroatoms. The summed E-state index contributed by atoms with van der Waals surface area (Å²) in [7, 11) is -4.32. The molecule has 4 rings (SSSR count). The Morgan fingerprint density at radius 3 is 2.21 bits per heavy atom. The molecule has 1 fully saturated rings. The normalized spacial score (nSPS) is 17.0. The Labute approximate surface area is 188 Å². The van der Waals surface area contributed by atoms with Gasteiger partial charge < -0.3 is 15.5 Å². The average molecular weight is 482 g/mol. The van der Waals surface area contributed by atoms with Crippen LogP contribution in [-0.4, -0.2) is 33.3 Å². The van der Waals surface area contributed by atoms with Crippen molar-refractivity contribution in [3.63, 3.8) is 0 Å². The van der Waals surface area contributed by atoms with Gasteiger partial charge in [0.05, 0.1) is 33.2 Å². The van der Waals surface area contributed by atoms with Crippen molar-refractivity contribution in [1.29, 1.82) is 0 Å². The zero-order valence-electron chi connectivity index (χ0n) is 17.3. The van der Waals surface area contributed by atoms with Crippen LogP contribution in [-0.2, 0) is 25.8 Å². The van der Waals surface area contributed by atoms with Gasteiger partial charge >= 0.3 is 6.18 Å². The first-order valence-corrected chi connectivity index (χ1v) is 11.7. The van der Waals surface area contributed by atoms with E-state index in [1.54, 1.807) is 0 Å². The number of halogens is 3. The van der Waals surface area contributed by atoms with Gasteiger partial charge in [0.1, 0.15) is 6.42 Å². The maximum Gasteiger partial charge on any atom is 0.416 e. The Morgan fingerprint density at radius 1 is 0.879 bits per heavy atom. The van der Waals surface area contributed by atoms with Crippen LogP contribution in [0.2, 0.25) is 0 Å². The number of amides is 2. The van der Waals surface area contributed by atoms with E-state index in [0.29, 0.717) is 18.8 Å². The number of carbonyl (C=O) groups is 2. The molecule has 0 atom stereocenters. The van der Waals surface area contributed by atoms with Crippen LogP contribution in [0.15, 0.2) is 41.3 Å². The van der Waals surface area contributed by atoms with Gasteiger partial charge in [0.2, 0.25) is 11.8 Å². The highest BCUT2D eigenvalue weighted by Gasteiger charge is 2.32. The highest BCUT2D eigenvalue weighted by molar-refractivity contribution is 7.92. The fourth-order valence-electron chi connectivity index (χ4n) is 3.85. The van der Waals surface area contributed by atoms with E-state index in [4.69, 9.17) is 0 Å². The Balaban J connectivity index is 1.71. The summed E-state index contributed by atoms with van der Waals surface area (Å²) < 4.78 is 68.5. The van der Waals surface area contributed by atoms with E-state index in [-0.39, 0.29) is 22.0 Å². The number of nitrogens with zero attached hydrogens (tertiary/aromatic N) is 1. The molecule has 2 aromatic rings. The van der Waals surface area contributed by atoms with Crippen LogP contribution in [0.4, 0.5) is 35.9 Å². The highest BCUT2D eigenvalue weighted by atomic mass is 32.2. The Hall–Kier alpha value is -3.28. The summed E-state index contributed by atoms with van der Waals surface area (Å²) in [6.45, 7) is 1.20. The Morgan fingerprint density at radius 2 is 1.55 bits per heavy atom. The monoisotopic (exact) mass is 482 g/mol. The largest absolute Gasteiger partial charge is 0.416 e. The summed E-state index contributed by atoms with van der Waals surface area (Å²) in [6, 6.07) is 6.65. The molecule has 2 aliphatic heterocycles. The van der Waals surface area contributed by atoms with Crippen LogP contribution >= 0.6 is 0 Å². The standard InChI is InChI=1S/C21H21F3N4O4S/c22-21(23,24)13-4-7-18(28-8-2-1-3-9-28)17(10-13)27-33(31,32)14-5-6-15-16(11-14)26-20(30)12-19(29)25-15/h4-7,10-11,27H,1-3,8-9,12H2,(H,25,29)(H,26,30). The van der Waals surface area contributed by atoms with E-state index >= 15 is 0 Å². The van der Waals surface area contributed by atoms with E-state index in [1.807, 2.05) is 4.90 Å². The summed E-state index contributed by atoms with van der Waals surface area (Å²) in [6.07, 6.45) is -2.37. The quantitative estimate of drug-likeness (QED) is 0.575. The number of fused-ring (bicyclic) bond motifs is 1. The molecule has 2 amide bonds. The fraction of sp³-hybridized carbons (Fsp3) is 0.333. The lowest BCUT2D eigenvalue weighted by Crippen LogP contribution is -2.30. The lowest BCUT2D eigenvalue weighted by Gasteiger charge is -2.31. The van der Waals surface area contributed by atoms with Gasteiger partial charge in [0, 0.05) is 13.1 Å². The van der Waals surface area contributed by atoms with Crippen LogP contribution in [0.3, 0.4) is 0 Å². The molecule has 2 aliphatic rings. The van der Waals surface area contributed by atoms with Gasteiger partial charge in [-0.2, -0.15) is 13.2 Å². The molecule has 0 aromatic heterocycles. The zero-order valence-corrected chi connectivity index (χ0v) is 18.1. The SMILES string of the molecule is O=C1CC(=O)Nc2cc(S(=O)(=O)Nc3cc(C(F)(F)F)ccc3N3CCCCC3)ccc2N1. The third kappa shape index (κ3) is 5.05. The molecule has 0 unspecified atom stereocenters. The third-order valence-corrected chi connectivity index (χ3v) is 6.80. The molecular formula is C21H21F3N4O4S. The molecule has 1 saturated heterocycles. The van der Waals surface area contributed by atoms with Gasteiger partial charge in [-0.15, -0.1) is 0 Å². The van der Waals surface area contributed by atoms with Crippen LogP contribution in [0, 0.1) is 0 Å². The molecule has 0 spiro atoms. The second kappa shape index (κ2) is 8.58. The first kappa shape index (κ1) is 22.9. The van der Waals surface area contributed by atoms with Crippen molar-refractivity contribution in [1.82, 2.24) is 0 Å². The minimum atomic E-state index is -4.65. The number of carbonyl (C=O) groups excluding carboxylic acids is 2. The van der Waals surface area contributed by atoms with Crippen LogP contribution < -0.4 is 20.3 Å². The number of anilines is 4. The summed E-state index contributed by atoms with van der Waals surface area (Å²) in [5.74, 6) is -1.16. The smallest absolute Gasteiger partial charge is 0.370 e. The van der Waals surface area contributed by atoms with Gasteiger partial charge in [-0.3, -0.25) is 14.3 Å². The van der Waals surface area contributed by atoms with Gasteiger partial charge in [0.25, 0.3) is 10.0 Å². The van der Waals surface area contributed by atoms with Crippen LogP contribution in [0.5, 0.6) is 0 Å². The second-order valence-corrected chi connectivity index (χ2v) is 9.55. The predicted molar refractivity (Wildman–Crippen MR) is 117 cm³/mol. The molecule has 176 valence electrons. The number of rotatable bonds is 4. The first-order valence-electron chi connectivity index (χ1n) is 10.3. The zero-order chi connectivity index (χ0) is 23.8. The van der Waals surface area contributed by atoms with Crippen LogP contribution in [0.1, 0.15) is 31.2 Å². The summed E-state index contributed by atoms with van der Waals surface area (Å²) >= 11 is 0. The van der Waals surface area contributed by atoms with E-state index in [2.05, 4.69) is 15.4 Å². The maximum atomic E-state index is 13.3. The molecule has 8 nitrogen and oxygen atoms in total. The number of piperidine rings is 1. The molecule has 33 heavy (non-hydrogen) atoms. The number of nitrogens with one attached hydrogen (secondary N) is 3. The number of hydrogen-bond donors (Lipinski definition) is 3. The predicted octanol–water partition coefficient (Wildman–Crippen LogP) is 3.78. The summed E-state index contributed by atoms with van der Waals surface area (Å²) in [5.41, 5.74) is -0.495. The minimum absolute atomic E-state index is 0.0778. The number of benzene rings is 2. The van der Waals surface area contributed by atoms with Gasteiger partial charge in [-0.1, -0.05) is 0 Å². The fourth-order valence-corrected chi connectivity index (χ4v) is 4.94. The number of sulfonamides is 1. The van der Waals surface area contributed by atoms with Crippen molar-refractivity contribution in [3.8, 4) is 0 Å². The van der Waals surface area contributed by atoms with Crippen molar-refractivity contribution in [2.24, 2.45) is 0 Å². The molecule has 0 aliphatic carbocycles. The second-order valence-electron chi connectivity index (χ2n) is 7.86. The molecule has 0 bridgehead atoms. The molecular weight excluding hydrogens is 461 g/mol. The number of alkyl halides is 3. The van der Waals surface area contributed by atoms with Crippen molar-refractivity contribution in [3.05, 3.63) is 42.0 Å². The Bertz CT molecular complexity index is 1210. The summed E-state index contributed by atoms with van der Waals surface area (Å²) in [4.78, 5) is 25.1. The van der Waals surface area contributed by atoms with E-state index in [9.17, 15) is 31.2 Å². The molecule has 0 radical (unpaired) electrons. The molecule has 3 N–H and O–H groups in total. The number of hydrogen-bond acceptors (Lipinski definition) is 5. The van der Waals surface area contributed by atoms with E-state index < -0.39 is 40.0 Å². The van der Waals surface area contributed by atoms with Crippen molar-refractivity contribution >= 4 is 44.6 Å². The lowest BCUT2D eigenvalue weighted by molar-refractivity contribution is -0.137. The van der Waals surface area contributed by atoms with Gasteiger partial charge in [-0.25, -0.2) is 8.42 Å². The first-order chi connectivity index (χ1) is 15.5. The summed E-state index contributed by atoms with van der Waals surface area (Å²) in [5, 5.41) is 4.94. The average Bonchev–Trinajstić information content (AvgIpc) is 2.89. The van der Waals surface area contributed by atoms with Crippen LogP contribution in [0.25, 0.3) is 0 Å². The maximum absolute atomic E-state index is 13.3. The van der Waals surface area contributed by atoms with Crippen molar-refractivity contribution < 1.29 is 31.2 Å². The minimum Gasteiger partial charge on any atom is -0.370 e.